The van der Waals surface area contributed by atoms with Crippen LogP contribution in [0.15, 0.2) is 53.6 Å². The molecule has 0 unspecified atom stereocenters. The van der Waals surface area contributed by atoms with Gasteiger partial charge in [0.1, 0.15) is 9.90 Å². The second kappa shape index (κ2) is 7.62. The van der Waals surface area contributed by atoms with Gasteiger partial charge in [0.15, 0.2) is 4.96 Å². The topological polar surface area (TPSA) is 84.6 Å². The molecule has 8 heteroatoms. The van der Waals surface area contributed by atoms with Crippen LogP contribution in [0.5, 0.6) is 0 Å². The minimum atomic E-state index is -1.15. The molecule has 29 heavy (non-hydrogen) atoms. The lowest BCUT2D eigenvalue weighted by Crippen LogP contribution is -2.17. The maximum absolute atomic E-state index is 13.0. The van der Waals surface area contributed by atoms with Gasteiger partial charge < -0.3 is 5.11 Å². The first-order chi connectivity index (χ1) is 14.0. The number of rotatable bonds is 4. The second-order valence-electron chi connectivity index (χ2n) is 6.25. The quantitative estimate of drug-likeness (QED) is 0.516. The predicted octanol–water partition coefficient (Wildman–Crippen LogP) is 4.65. The van der Waals surface area contributed by atoms with Gasteiger partial charge in [0.2, 0.25) is 0 Å². The average molecular weight is 424 g/mol. The predicted molar refractivity (Wildman–Crippen MR) is 115 cm³/mol. The van der Waals surface area contributed by atoms with Crippen LogP contribution in [0.2, 0.25) is 5.02 Å². The first kappa shape index (κ1) is 19.0. The molecule has 4 rings (SSSR count). The number of aromatic carboxylic acids is 1. The molecule has 0 spiro atoms. The number of aryl methyl sites for hydroxylation is 1. The van der Waals surface area contributed by atoms with E-state index in [1.807, 2.05) is 37.3 Å². The molecule has 6 nitrogen and oxygen atoms in total. The zero-order valence-electron chi connectivity index (χ0n) is 15.2. The number of carbonyl (C=O) groups is 1. The Morgan fingerprint density at radius 2 is 2.00 bits per heavy atom. The summed E-state index contributed by atoms with van der Waals surface area (Å²) in [6, 6.07) is 11.1. The van der Waals surface area contributed by atoms with Crippen molar-refractivity contribution < 1.29 is 9.90 Å². The molecule has 3 aromatic heterocycles. The Balaban J connectivity index is 1.94. The van der Waals surface area contributed by atoms with Crippen LogP contribution < -0.4 is 5.56 Å². The van der Waals surface area contributed by atoms with E-state index in [0.717, 1.165) is 22.5 Å². The fourth-order valence-corrected chi connectivity index (χ4v) is 4.14. The van der Waals surface area contributed by atoms with Crippen molar-refractivity contribution in [3.8, 4) is 11.3 Å². The summed E-state index contributed by atoms with van der Waals surface area (Å²) >= 11 is 7.24. The Kier molecular flexibility index (Phi) is 5.00. The molecule has 3 heterocycles. The minimum absolute atomic E-state index is 0.00120. The molecule has 4 aromatic rings. The van der Waals surface area contributed by atoms with Crippen molar-refractivity contribution in [3.63, 3.8) is 0 Å². The van der Waals surface area contributed by atoms with E-state index >= 15 is 0 Å². The lowest BCUT2D eigenvalue weighted by molar-refractivity contribution is 0.0702. The summed E-state index contributed by atoms with van der Waals surface area (Å²) in [4.78, 5) is 33.5. The molecular formula is C21H14ClN3O3S. The maximum Gasteiger partial charge on any atom is 0.348 e. The third kappa shape index (κ3) is 3.46. The standard InChI is InChI=1S/C21H14ClN3O3S/c1-12-5-2-3-6-13(12)8-9-15-16(22)19(26)25-17(14-7-4-10-23-11-14)18(20(27)28)29-21(25)24-15/h2-11H,1H3,(H,27,28). The largest absolute Gasteiger partial charge is 0.477 e. The van der Waals surface area contributed by atoms with Crippen molar-refractivity contribution in [2.24, 2.45) is 0 Å². The molecule has 0 amide bonds. The summed E-state index contributed by atoms with van der Waals surface area (Å²) in [6.07, 6.45) is 6.56. The van der Waals surface area contributed by atoms with Gasteiger partial charge in [-0.1, -0.05) is 53.3 Å². The minimum Gasteiger partial charge on any atom is -0.477 e. The fraction of sp³-hybridized carbons (Fsp3) is 0.0476. The van der Waals surface area contributed by atoms with Crippen molar-refractivity contribution in [3.05, 3.63) is 85.9 Å². The van der Waals surface area contributed by atoms with Crippen LogP contribution >= 0.6 is 22.9 Å². The highest BCUT2D eigenvalue weighted by atomic mass is 35.5. The van der Waals surface area contributed by atoms with Crippen LogP contribution in [-0.4, -0.2) is 25.4 Å². The zero-order chi connectivity index (χ0) is 20.5. The van der Waals surface area contributed by atoms with Gasteiger partial charge in [-0.25, -0.2) is 14.2 Å². The van der Waals surface area contributed by atoms with Gasteiger partial charge in [-0.05, 0) is 36.3 Å². The fourth-order valence-electron chi connectivity index (χ4n) is 2.96. The molecule has 0 saturated heterocycles. The summed E-state index contributed by atoms with van der Waals surface area (Å²) < 4.78 is 1.23. The van der Waals surface area contributed by atoms with Crippen LogP contribution in [0.1, 0.15) is 26.5 Å². The average Bonchev–Trinajstić information content (AvgIpc) is 3.11. The first-order valence-electron chi connectivity index (χ1n) is 8.60. The van der Waals surface area contributed by atoms with Gasteiger partial charge in [-0.3, -0.25) is 9.78 Å². The van der Waals surface area contributed by atoms with Crippen LogP contribution in [0.4, 0.5) is 0 Å². The summed E-state index contributed by atoms with van der Waals surface area (Å²) in [5.41, 5.74) is 2.53. The van der Waals surface area contributed by atoms with Crippen LogP contribution in [0.3, 0.4) is 0 Å². The van der Waals surface area contributed by atoms with Gasteiger partial charge in [0, 0.05) is 18.0 Å². The third-order valence-electron chi connectivity index (χ3n) is 4.39. The number of aromatic nitrogens is 3. The van der Waals surface area contributed by atoms with E-state index < -0.39 is 11.5 Å². The lowest BCUT2D eigenvalue weighted by atomic mass is 10.1. The molecule has 0 fully saturated rings. The highest BCUT2D eigenvalue weighted by molar-refractivity contribution is 7.19. The van der Waals surface area contributed by atoms with Gasteiger partial charge in [0.25, 0.3) is 5.56 Å². The van der Waals surface area contributed by atoms with E-state index in [1.165, 1.54) is 10.6 Å². The highest BCUT2D eigenvalue weighted by Gasteiger charge is 2.23. The number of hydrogen-bond donors (Lipinski definition) is 1. The summed E-state index contributed by atoms with van der Waals surface area (Å²) in [6.45, 7) is 1.98. The molecule has 0 aliphatic heterocycles. The summed E-state index contributed by atoms with van der Waals surface area (Å²) in [5, 5.41) is 9.56. The normalized spacial score (nSPS) is 11.4. The van der Waals surface area contributed by atoms with Crippen molar-refractivity contribution >= 4 is 46.0 Å². The van der Waals surface area contributed by atoms with Crippen molar-refractivity contribution in [1.29, 1.82) is 0 Å². The molecular weight excluding hydrogens is 410 g/mol. The molecule has 0 saturated carbocycles. The van der Waals surface area contributed by atoms with Crippen molar-refractivity contribution in [2.45, 2.75) is 6.92 Å². The molecule has 0 atom stereocenters. The highest BCUT2D eigenvalue weighted by Crippen LogP contribution is 2.31. The van der Waals surface area contributed by atoms with Gasteiger partial charge in [0.05, 0.1) is 11.4 Å². The van der Waals surface area contributed by atoms with E-state index in [4.69, 9.17) is 11.6 Å². The van der Waals surface area contributed by atoms with E-state index in [1.54, 1.807) is 24.4 Å². The Labute approximate surface area is 174 Å². The molecule has 144 valence electrons. The molecule has 1 aromatic carbocycles. The van der Waals surface area contributed by atoms with Crippen molar-refractivity contribution in [2.75, 3.05) is 0 Å². The third-order valence-corrected chi connectivity index (χ3v) is 5.78. The van der Waals surface area contributed by atoms with Gasteiger partial charge in [-0.15, -0.1) is 0 Å². The number of pyridine rings is 1. The number of nitrogens with zero attached hydrogens (tertiary/aromatic N) is 3. The molecule has 0 bridgehead atoms. The Bertz CT molecular complexity index is 1330. The summed E-state index contributed by atoms with van der Waals surface area (Å²) in [5.74, 6) is -1.15. The number of carboxylic acid groups (broad SMARTS) is 1. The number of hydrogen-bond acceptors (Lipinski definition) is 5. The zero-order valence-corrected chi connectivity index (χ0v) is 16.7. The number of carboxylic acids is 1. The number of benzene rings is 1. The molecule has 1 N–H and O–H groups in total. The van der Waals surface area contributed by atoms with Crippen LogP contribution in [0.25, 0.3) is 28.4 Å². The van der Waals surface area contributed by atoms with E-state index in [0.29, 0.717) is 5.56 Å². The van der Waals surface area contributed by atoms with E-state index in [-0.39, 0.29) is 26.2 Å². The van der Waals surface area contributed by atoms with Gasteiger partial charge in [-0.2, -0.15) is 0 Å². The summed E-state index contributed by atoms with van der Waals surface area (Å²) in [7, 11) is 0. The molecule has 0 aliphatic carbocycles. The Morgan fingerprint density at radius 1 is 1.21 bits per heavy atom. The number of thiazole rings is 1. The first-order valence-corrected chi connectivity index (χ1v) is 9.79. The van der Waals surface area contributed by atoms with E-state index in [9.17, 15) is 14.7 Å². The van der Waals surface area contributed by atoms with E-state index in [2.05, 4.69) is 9.97 Å². The van der Waals surface area contributed by atoms with Gasteiger partial charge >= 0.3 is 5.97 Å². The van der Waals surface area contributed by atoms with Crippen LogP contribution in [-0.2, 0) is 0 Å². The Hall–Kier alpha value is -3.29. The Morgan fingerprint density at radius 3 is 2.69 bits per heavy atom. The molecule has 0 aliphatic rings. The van der Waals surface area contributed by atoms with Crippen LogP contribution in [0, 0.1) is 6.92 Å². The second-order valence-corrected chi connectivity index (χ2v) is 7.61. The molecule has 0 radical (unpaired) electrons. The SMILES string of the molecule is Cc1ccccc1C=Cc1nc2sc(C(=O)O)c(-c3cccnc3)n2c(=O)c1Cl. The number of fused-ring (bicyclic) bond motifs is 1. The smallest absolute Gasteiger partial charge is 0.348 e. The van der Waals surface area contributed by atoms with Crippen molar-refractivity contribution in [1.82, 2.24) is 14.4 Å². The lowest BCUT2D eigenvalue weighted by Gasteiger charge is -2.05. The number of halogens is 1. The monoisotopic (exact) mass is 423 g/mol. The maximum atomic E-state index is 13.0.